The Morgan fingerprint density at radius 3 is 2.50 bits per heavy atom. The standard InChI is InChI=1S/C30H50O4/c1-19(2)20(3)8-9-21(4)26-12-13-27(30(26,7)16-17-34-22(5)31)25-11-10-23-18-24(32)14-15-29(23,6)28(25)33/h10,19-21,24-27,32H,8-9,11-18H2,1-7H3/t20-,21+,24-,25-,26+,27-,29-,30+/m0/s1. The molecule has 0 aromatic carbocycles. The summed E-state index contributed by atoms with van der Waals surface area (Å²) in [6, 6.07) is 0. The molecule has 0 amide bonds. The average Bonchev–Trinajstić information content (AvgIpc) is 3.10. The highest BCUT2D eigenvalue weighted by atomic mass is 16.5. The van der Waals surface area contributed by atoms with Gasteiger partial charge in [0.25, 0.3) is 0 Å². The zero-order valence-corrected chi connectivity index (χ0v) is 22.9. The minimum absolute atomic E-state index is 0.00779. The number of hydrogen-bond donors (Lipinski definition) is 1. The fourth-order valence-corrected chi connectivity index (χ4v) is 7.65. The van der Waals surface area contributed by atoms with E-state index in [0.29, 0.717) is 48.9 Å². The zero-order chi connectivity index (χ0) is 25.3. The molecule has 0 saturated heterocycles. The van der Waals surface area contributed by atoms with E-state index in [4.69, 9.17) is 4.74 Å². The lowest BCUT2D eigenvalue weighted by Gasteiger charge is -2.48. The highest BCUT2D eigenvalue weighted by Gasteiger charge is 2.56. The van der Waals surface area contributed by atoms with Gasteiger partial charge in [-0.15, -0.1) is 0 Å². The molecule has 3 rings (SSSR count). The van der Waals surface area contributed by atoms with Crippen molar-refractivity contribution < 1.29 is 19.4 Å². The molecule has 0 aromatic heterocycles. The Morgan fingerprint density at radius 2 is 1.85 bits per heavy atom. The number of esters is 1. The molecule has 0 aliphatic heterocycles. The Hall–Kier alpha value is -1.16. The summed E-state index contributed by atoms with van der Waals surface area (Å²) in [4.78, 5) is 25.5. The van der Waals surface area contributed by atoms with Crippen molar-refractivity contribution >= 4 is 11.8 Å². The normalized spacial score (nSPS) is 37.8. The van der Waals surface area contributed by atoms with Crippen molar-refractivity contribution in [2.75, 3.05) is 6.61 Å². The van der Waals surface area contributed by atoms with Gasteiger partial charge >= 0.3 is 5.97 Å². The van der Waals surface area contributed by atoms with Gasteiger partial charge in [-0.1, -0.05) is 59.1 Å². The van der Waals surface area contributed by atoms with Crippen molar-refractivity contribution in [3.63, 3.8) is 0 Å². The third kappa shape index (κ3) is 5.47. The van der Waals surface area contributed by atoms with E-state index in [2.05, 4.69) is 47.6 Å². The molecule has 0 spiro atoms. The van der Waals surface area contributed by atoms with Gasteiger partial charge in [-0.25, -0.2) is 0 Å². The van der Waals surface area contributed by atoms with E-state index in [1.165, 1.54) is 25.3 Å². The lowest BCUT2D eigenvalue weighted by atomic mass is 9.56. The molecule has 1 N–H and O–H groups in total. The molecule has 0 aromatic rings. The van der Waals surface area contributed by atoms with Crippen molar-refractivity contribution in [1.82, 2.24) is 0 Å². The van der Waals surface area contributed by atoms with Crippen LogP contribution in [0.3, 0.4) is 0 Å². The minimum atomic E-state index is -0.407. The second kappa shape index (κ2) is 10.8. The summed E-state index contributed by atoms with van der Waals surface area (Å²) >= 11 is 0. The number of carbonyl (C=O) groups is 2. The Kier molecular flexibility index (Phi) is 8.75. The molecule has 34 heavy (non-hydrogen) atoms. The van der Waals surface area contributed by atoms with Crippen LogP contribution in [-0.4, -0.2) is 29.6 Å². The van der Waals surface area contributed by atoms with Gasteiger partial charge in [-0.2, -0.15) is 0 Å². The molecular formula is C30H50O4. The van der Waals surface area contributed by atoms with Crippen molar-refractivity contribution in [2.45, 2.75) is 112 Å². The van der Waals surface area contributed by atoms with Gasteiger partial charge in [0.15, 0.2) is 0 Å². The fourth-order valence-electron chi connectivity index (χ4n) is 7.65. The summed E-state index contributed by atoms with van der Waals surface area (Å²) in [6.45, 7) is 15.8. The second-order valence-electron chi connectivity index (χ2n) is 12.8. The van der Waals surface area contributed by atoms with Crippen LogP contribution < -0.4 is 0 Å². The number of fused-ring (bicyclic) bond motifs is 1. The molecule has 2 saturated carbocycles. The molecule has 8 atom stereocenters. The number of rotatable bonds is 9. The Bertz CT molecular complexity index is 770. The number of aliphatic hydroxyl groups excluding tert-OH is 1. The number of carbonyl (C=O) groups excluding carboxylic acids is 2. The van der Waals surface area contributed by atoms with Gasteiger partial charge in [0.1, 0.15) is 5.78 Å². The first kappa shape index (κ1) is 27.4. The lowest BCUT2D eigenvalue weighted by Crippen LogP contribution is -2.47. The quantitative estimate of drug-likeness (QED) is 0.297. The van der Waals surface area contributed by atoms with Gasteiger partial charge in [0.05, 0.1) is 12.7 Å². The van der Waals surface area contributed by atoms with E-state index < -0.39 is 5.41 Å². The van der Waals surface area contributed by atoms with Crippen molar-refractivity contribution in [1.29, 1.82) is 0 Å². The van der Waals surface area contributed by atoms with Crippen LogP contribution in [0, 0.1) is 46.3 Å². The second-order valence-corrected chi connectivity index (χ2v) is 12.8. The van der Waals surface area contributed by atoms with Gasteiger partial charge in [-0.05, 0) is 86.9 Å². The van der Waals surface area contributed by atoms with Crippen LogP contribution in [0.2, 0.25) is 0 Å². The molecule has 3 aliphatic rings. The summed E-state index contributed by atoms with van der Waals surface area (Å²) in [5, 5.41) is 10.2. The average molecular weight is 475 g/mol. The topological polar surface area (TPSA) is 63.6 Å². The van der Waals surface area contributed by atoms with Crippen molar-refractivity contribution in [3.05, 3.63) is 11.6 Å². The van der Waals surface area contributed by atoms with E-state index >= 15 is 0 Å². The van der Waals surface area contributed by atoms with Gasteiger partial charge < -0.3 is 9.84 Å². The Balaban J connectivity index is 1.82. The van der Waals surface area contributed by atoms with Crippen LogP contribution in [0.25, 0.3) is 0 Å². The largest absolute Gasteiger partial charge is 0.466 e. The summed E-state index contributed by atoms with van der Waals surface area (Å²) in [5.41, 5.74) is 0.751. The number of ether oxygens (including phenoxy) is 1. The molecule has 0 radical (unpaired) electrons. The number of Topliss-reactive ketones (excluding diaryl/α,β-unsaturated/α-hetero) is 1. The predicted molar refractivity (Wildman–Crippen MR) is 137 cm³/mol. The number of aliphatic hydroxyl groups is 1. The molecule has 4 heteroatoms. The summed E-state index contributed by atoms with van der Waals surface area (Å²) in [7, 11) is 0. The van der Waals surface area contributed by atoms with Crippen molar-refractivity contribution in [3.8, 4) is 0 Å². The van der Waals surface area contributed by atoms with E-state index in [0.717, 1.165) is 38.0 Å². The van der Waals surface area contributed by atoms with E-state index in [9.17, 15) is 14.7 Å². The monoisotopic (exact) mass is 474 g/mol. The van der Waals surface area contributed by atoms with Crippen LogP contribution in [0.15, 0.2) is 11.6 Å². The summed E-state index contributed by atoms with van der Waals surface area (Å²) in [6.07, 6.45) is 10.5. The van der Waals surface area contributed by atoms with Gasteiger partial charge in [0.2, 0.25) is 0 Å². The maximum atomic E-state index is 14.0. The van der Waals surface area contributed by atoms with Crippen LogP contribution in [0.4, 0.5) is 0 Å². The molecule has 0 heterocycles. The number of ketones is 1. The van der Waals surface area contributed by atoms with Gasteiger partial charge in [0, 0.05) is 18.3 Å². The molecule has 0 bridgehead atoms. The van der Waals surface area contributed by atoms with Crippen LogP contribution in [-0.2, 0) is 14.3 Å². The third-order valence-corrected chi connectivity index (χ3v) is 10.5. The smallest absolute Gasteiger partial charge is 0.302 e. The zero-order valence-electron chi connectivity index (χ0n) is 22.9. The van der Waals surface area contributed by atoms with Crippen LogP contribution in [0.1, 0.15) is 106 Å². The first-order valence-electron chi connectivity index (χ1n) is 13.9. The maximum Gasteiger partial charge on any atom is 0.302 e. The van der Waals surface area contributed by atoms with Gasteiger partial charge in [-0.3, -0.25) is 9.59 Å². The molecule has 194 valence electrons. The highest BCUT2D eigenvalue weighted by Crippen LogP contribution is 2.60. The Morgan fingerprint density at radius 1 is 1.15 bits per heavy atom. The summed E-state index contributed by atoms with van der Waals surface area (Å²) < 4.78 is 5.44. The van der Waals surface area contributed by atoms with Crippen molar-refractivity contribution in [2.24, 2.45) is 46.3 Å². The molecule has 2 fully saturated rings. The summed E-state index contributed by atoms with van der Waals surface area (Å²) in [5.74, 6) is 3.12. The molecule has 4 nitrogen and oxygen atoms in total. The first-order valence-corrected chi connectivity index (χ1v) is 13.9. The van der Waals surface area contributed by atoms with E-state index in [1.54, 1.807) is 0 Å². The Labute approximate surface area is 208 Å². The highest BCUT2D eigenvalue weighted by molar-refractivity contribution is 5.91. The van der Waals surface area contributed by atoms with E-state index in [-0.39, 0.29) is 23.4 Å². The predicted octanol–water partition coefficient (Wildman–Crippen LogP) is 6.75. The maximum absolute atomic E-state index is 14.0. The number of allylic oxidation sites excluding steroid dienone is 1. The first-order chi connectivity index (χ1) is 15.9. The van der Waals surface area contributed by atoms with Crippen LogP contribution >= 0.6 is 0 Å². The molecular weight excluding hydrogens is 424 g/mol. The SMILES string of the molecule is CC(=O)OCC[C@]1(C)[C@@H]([C@H](C)CC[C@H](C)C(C)C)CC[C@H]1[C@@H]1CC=C2C[C@@H](O)CC[C@]2(C)C1=O. The molecule has 0 unspecified atom stereocenters. The van der Waals surface area contributed by atoms with E-state index in [1.807, 2.05) is 0 Å². The number of hydrogen-bond acceptors (Lipinski definition) is 4. The fraction of sp³-hybridized carbons (Fsp3) is 0.867. The minimum Gasteiger partial charge on any atom is -0.466 e. The lowest BCUT2D eigenvalue weighted by molar-refractivity contribution is -0.143. The third-order valence-electron chi connectivity index (χ3n) is 10.5. The molecule has 3 aliphatic carbocycles. The van der Waals surface area contributed by atoms with Crippen LogP contribution in [0.5, 0.6) is 0 Å².